The van der Waals surface area contributed by atoms with Gasteiger partial charge in [0.1, 0.15) is 0 Å². The summed E-state index contributed by atoms with van der Waals surface area (Å²) in [6, 6.07) is 0. The fourth-order valence-electron chi connectivity index (χ4n) is 2.05. The predicted octanol–water partition coefficient (Wildman–Crippen LogP) is 0.346. The van der Waals surface area contributed by atoms with Crippen LogP contribution in [0, 0.1) is 11.8 Å². The molecule has 1 atom stereocenters. The molecule has 1 fully saturated rings. The summed E-state index contributed by atoms with van der Waals surface area (Å²) in [4.78, 5) is 25.1. The SMILES string of the molecule is CC(C)CCC(=O)NCC(=O)N1CCC(CN)C1. The first-order valence-electron chi connectivity index (χ1n) is 6.77. The van der Waals surface area contributed by atoms with E-state index in [4.69, 9.17) is 5.73 Å². The fraction of sp³-hybridized carbons (Fsp3) is 0.846. The van der Waals surface area contributed by atoms with Crippen molar-refractivity contribution in [2.75, 3.05) is 26.2 Å². The first-order chi connectivity index (χ1) is 8.52. The van der Waals surface area contributed by atoms with Gasteiger partial charge in [0.15, 0.2) is 0 Å². The van der Waals surface area contributed by atoms with Crippen LogP contribution in [0.2, 0.25) is 0 Å². The van der Waals surface area contributed by atoms with E-state index in [0.717, 1.165) is 25.9 Å². The van der Waals surface area contributed by atoms with Crippen molar-refractivity contribution in [1.82, 2.24) is 10.2 Å². The Morgan fingerprint density at radius 3 is 2.72 bits per heavy atom. The highest BCUT2D eigenvalue weighted by atomic mass is 16.2. The Hall–Kier alpha value is -1.10. The predicted molar refractivity (Wildman–Crippen MR) is 70.8 cm³/mol. The van der Waals surface area contributed by atoms with Gasteiger partial charge in [0.2, 0.25) is 11.8 Å². The first kappa shape index (κ1) is 15.0. The van der Waals surface area contributed by atoms with Crippen LogP contribution in [0.5, 0.6) is 0 Å². The lowest BCUT2D eigenvalue weighted by molar-refractivity contribution is -0.132. The molecule has 0 aliphatic carbocycles. The van der Waals surface area contributed by atoms with Gasteiger partial charge in [-0.05, 0) is 31.2 Å². The van der Waals surface area contributed by atoms with Gasteiger partial charge in [0.25, 0.3) is 0 Å². The van der Waals surface area contributed by atoms with Crippen molar-refractivity contribution in [3.63, 3.8) is 0 Å². The lowest BCUT2D eigenvalue weighted by atomic mass is 10.1. The number of nitrogens with one attached hydrogen (secondary N) is 1. The van der Waals surface area contributed by atoms with E-state index in [2.05, 4.69) is 19.2 Å². The van der Waals surface area contributed by atoms with Crippen LogP contribution >= 0.6 is 0 Å². The molecule has 104 valence electrons. The summed E-state index contributed by atoms with van der Waals surface area (Å²) in [5.74, 6) is 0.899. The molecule has 0 saturated carbocycles. The Morgan fingerprint density at radius 1 is 1.44 bits per heavy atom. The molecular formula is C13H25N3O2. The quantitative estimate of drug-likeness (QED) is 0.719. The maximum Gasteiger partial charge on any atom is 0.241 e. The number of hydrogen-bond acceptors (Lipinski definition) is 3. The summed E-state index contributed by atoms with van der Waals surface area (Å²) in [5.41, 5.74) is 5.58. The standard InChI is InChI=1S/C13H25N3O2/c1-10(2)3-4-12(17)15-8-13(18)16-6-5-11(7-14)9-16/h10-11H,3-9,14H2,1-2H3,(H,15,17). The lowest BCUT2D eigenvalue weighted by Gasteiger charge is -2.16. The molecule has 1 saturated heterocycles. The molecule has 1 aliphatic heterocycles. The van der Waals surface area contributed by atoms with Crippen LogP contribution in [0.1, 0.15) is 33.1 Å². The van der Waals surface area contributed by atoms with Crippen molar-refractivity contribution in [3.8, 4) is 0 Å². The zero-order valence-corrected chi connectivity index (χ0v) is 11.4. The number of nitrogens with zero attached hydrogens (tertiary/aromatic N) is 1. The van der Waals surface area contributed by atoms with Crippen molar-refractivity contribution in [1.29, 1.82) is 0 Å². The van der Waals surface area contributed by atoms with Gasteiger partial charge in [0, 0.05) is 19.5 Å². The second-order valence-electron chi connectivity index (χ2n) is 5.44. The zero-order chi connectivity index (χ0) is 13.5. The highest BCUT2D eigenvalue weighted by molar-refractivity contribution is 5.84. The maximum atomic E-state index is 11.8. The van der Waals surface area contributed by atoms with E-state index < -0.39 is 0 Å². The van der Waals surface area contributed by atoms with Gasteiger partial charge < -0.3 is 16.0 Å². The van der Waals surface area contributed by atoms with Crippen LogP contribution in [0.3, 0.4) is 0 Å². The third-order valence-corrected chi connectivity index (χ3v) is 3.36. The second kappa shape index (κ2) is 7.36. The number of hydrogen-bond donors (Lipinski definition) is 2. The Labute approximate surface area is 109 Å². The molecule has 0 aromatic rings. The molecule has 1 unspecified atom stereocenters. The molecule has 0 bridgehead atoms. The van der Waals surface area contributed by atoms with Crippen LogP contribution < -0.4 is 11.1 Å². The summed E-state index contributed by atoms with van der Waals surface area (Å²) in [6.45, 7) is 6.41. The average Bonchev–Trinajstić information content (AvgIpc) is 2.82. The molecule has 0 aromatic carbocycles. The van der Waals surface area contributed by atoms with Crippen LogP contribution in [-0.2, 0) is 9.59 Å². The van der Waals surface area contributed by atoms with Crippen molar-refractivity contribution in [2.24, 2.45) is 17.6 Å². The van der Waals surface area contributed by atoms with Crippen molar-refractivity contribution < 1.29 is 9.59 Å². The monoisotopic (exact) mass is 255 g/mol. The van der Waals surface area contributed by atoms with Crippen LogP contribution in [-0.4, -0.2) is 42.9 Å². The van der Waals surface area contributed by atoms with Gasteiger partial charge in [-0.1, -0.05) is 13.8 Å². The van der Waals surface area contributed by atoms with E-state index >= 15 is 0 Å². The summed E-state index contributed by atoms with van der Waals surface area (Å²) in [5, 5.41) is 2.69. The third-order valence-electron chi connectivity index (χ3n) is 3.36. The fourth-order valence-corrected chi connectivity index (χ4v) is 2.05. The topological polar surface area (TPSA) is 75.4 Å². The van der Waals surface area contributed by atoms with Crippen molar-refractivity contribution >= 4 is 11.8 Å². The molecule has 1 rings (SSSR count). The van der Waals surface area contributed by atoms with E-state index in [0.29, 0.717) is 24.8 Å². The molecule has 1 aliphatic rings. The van der Waals surface area contributed by atoms with Gasteiger partial charge in [-0.3, -0.25) is 9.59 Å². The molecule has 1 heterocycles. The lowest BCUT2D eigenvalue weighted by Crippen LogP contribution is -2.39. The molecule has 2 amide bonds. The number of likely N-dealkylation sites (tertiary alicyclic amines) is 1. The largest absolute Gasteiger partial charge is 0.347 e. The first-order valence-corrected chi connectivity index (χ1v) is 6.77. The van der Waals surface area contributed by atoms with Crippen molar-refractivity contribution in [3.05, 3.63) is 0 Å². The Kier molecular flexibility index (Phi) is 6.12. The van der Waals surface area contributed by atoms with E-state index in [1.807, 2.05) is 0 Å². The van der Waals surface area contributed by atoms with Gasteiger partial charge in [-0.25, -0.2) is 0 Å². The molecular weight excluding hydrogens is 230 g/mol. The number of carbonyl (C=O) groups is 2. The normalized spacial score (nSPS) is 19.3. The Balaban J connectivity index is 2.19. The number of carbonyl (C=O) groups excluding carboxylic acids is 2. The van der Waals surface area contributed by atoms with Gasteiger partial charge in [-0.2, -0.15) is 0 Å². The highest BCUT2D eigenvalue weighted by Crippen LogP contribution is 2.14. The van der Waals surface area contributed by atoms with Crippen molar-refractivity contribution in [2.45, 2.75) is 33.1 Å². The van der Waals surface area contributed by atoms with Gasteiger partial charge in [-0.15, -0.1) is 0 Å². The number of amides is 2. The summed E-state index contributed by atoms with van der Waals surface area (Å²) >= 11 is 0. The van der Waals surface area contributed by atoms with E-state index in [9.17, 15) is 9.59 Å². The smallest absolute Gasteiger partial charge is 0.241 e. The molecule has 0 aromatic heterocycles. The third kappa shape index (κ3) is 5.04. The Bertz CT molecular complexity index is 292. The van der Waals surface area contributed by atoms with Crippen LogP contribution in [0.4, 0.5) is 0 Å². The molecule has 18 heavy (non-hydrogen) atoms. The zero-order valence-electron chi connectivity index (χ0n) is 11.4. The molecule has 5 heteroatoms. The van der Waals surface area contributed by atoms with E-state index in [1.54, 1.807) is 4.90 Å². The molecule has 3 N–H and O–H groups in total. The summed E-state index contributed by atoms with van der Waals surface area (Å²) in [7, 11) is 0. The maximum absolute atomic E-state index is 11.8. The molecule has 0 radical (unpaired) electrons. The number of nitrogens with two attached hydrogens (primary N) is 1. The minimum absolute atomic E-state index is 0.00356. The summed E-state index contributed by atoms with van der Waals surface area (Å²) < 4.78 is 0. The molecule has 5 nitrogen and oxygen atoms in total. The van der Waals surface area contributed by atoms with E-state index in [-0.39, 0.29) is 18.4 Å². The number of rotatable bonds is 6. The van der Waals surface area contributed by atoms with Crippen LogP contribution in [0.25, 0.3) is 0 Å². The second-order valence-corrected chi connectivity index (χ2v) is 5.44. The van der Waals surface area contributed by atoms with Gasteiger partial charge in [0.05, 0.1) is 6.54 Å². The van der Waals surface area contributed by atoms with Gasteiger partial charge >= 0.3 is 0 Å². The Morgan fingerprint density at radius 2 is 2.17 bits per heavy atom. The summed E-state index contributed by atoms with van der Waals surface area (Å²) in [6.07, 6.45) is 2.33. The van der Waals surface area contributed by atoms with E-state index in [1.165, 1.54) is 0 Å². The minimum Gasteiger partial charge on any atom is -0.347 e. The molecule has 0 spiro atoms. The average molecular weight is 255 g/mol. The van der Waals surface area contributed by atoms with Crippen LogP contribution in [0.15, 0.2) is 0 Å². The minimum atomic E-state index is -0.0355. The highest BCUT2D eigenvalue weighted by Gasteiger charge is 2.24.